The molecule has 4 rings (SSSR count). The third-order valence-electron chi connectivity index (χ3n) is 5.56. The third kappa shape index (κ3) is 4.99. The first kappa shape index (κ1) is 23.0. The fraction of sp³-hybridized carbons (Fsp3) is 0.308. The number of aromatic hydroxyl groups is 1. The third-order valence-corrected chi connectivity index (χ3v) is 6.20. The van der Waals surface area contributed by atoms with Gasteiger partial charge < -0.3 is 5.11 Å². The number of aryl methyl sites for hydroxylation is 2. The van der Waals surface area contributed by atoms with Crippen LogP contribution in [0.15, 0.2) is 54.9 Å². The van der Waals surface area contributed by atoms with Gasteiger partial charge in [-0.3, -0.25) is 4.40 Å². The summed E-state index contributed by atoms with van der Waals surface area (Å²) in [5, 5.41) is 11.0. The van der Waals surface area contributed by atoms with E-state index in [-0.39, 0.29) is 11.7 Å². The number of hydrogen-bond donors (Lipinski definition) is 1. The first-order valence-corrected chi connectivity index (χ1v) is 11.8. The van der Waals surface area contributed by atoms with Crippen LogP contribution in [0.2, 0.25) is 0 Å². The monoisotopic (exact) mass is 479 g/mol. The molecule has 0 amide bonds. The van der Waals surface area contributed by atoms with Crippen LogP contribution in [0.5, 0.6) is 5.75 Å². The Morgan fingerprint density at radius 1 is 1.10 bits per heavy atom. The van der Waals surface area contributed by atoms with Crippen LogP contribution in [-0.4, -0.2) is 19.5 Å². The summed E-state index contributed by atoms with van der Waals surface area (Å²) in [6, 6.07) is 14.0. The number of fused-ring (bicyclic) bond motifs is 1. The van der Waals surface area contributed by atoms with Crippen molar-refractivity contribution in [2.45, 2.75) is 52.3 Å². The molecule has 0 saturated heterocycles. The molecule has 0 saturated carbocycles. The number of hydrogen-bond acceptors (Lipinski definition) is 3. The maximum atomic E-state index is 10.2. The van der Waals surface area contributed by atoms with Crippen molar-refractivity contribution in [1.29, 1.82) is 0 Å². The van der Waals surface area contributed by atoms with Gasteiger partial charge in [0.1, 0.15) is 5.75 Å². The molecule has 2 aromatic heterocycles. The highest BCUT2D eigenvalue weighted by atomic mass is 79.9. The number of phenolic OH excluding ortho intramolecular Hbond substituents is 1. The number of imidazole rings is 1. The molecule has 2 aromatic carbocycles. The van der Waals surface area contributed by atoms with Crippen molar-refractivity contribution in [3.05, 3.63) is 82.8 Å². The van der Waals surface area contributed by atoms with Gasteiger partial charge in [0, 0.05) is 23.3 Å². The van der Waals surface area contributed by atoms with Crippen LogP contribution in [0, 0.1) is 13.8 Å². The lowest BCUT2D eigenvalue weighted by Crippen LogP contribution is -1.97. The van der Waals surface area contributed by atoms with Gasteiger partial charge in [0.25, 0.3) is 0 Å². The number of nitrogens with zero attached hydrogens (tertiary/aromatic N) is 3. The van der Waals surface area contributed by atoms with Crippen LogP contribution in [-0.2, 0) is 11.8 Å². The Balaban J connectivity index is 0.000000229. The lowest BCUT2D eigenvalue weighted by molar-refractivity contribution is 0.477. The molecule has 0 radical (unpaired) electrons. The van der Waals surface area contributed by atoms with E-state index in [0.29, 0.717) is 5.78 Å². The Hall–Kier alpha value is -2.66. The second-order valence-corrected chi connectivity index (χ2v) is 8.55. The van der Waals surface area contributed by atoms with E-state index in [1.165, 1.54) is 16.7 Å². The second-order valence-electron chi connectivity index (χ2n) is 7.99. The van der Waals surface area contributed by atoms with Gasteiger partial charge in [0.05, 0.1) is 11.4 Å². The van der Waals surface area contributed by atoms with E-state index in [2.05, 4.69) is 78.7 Å². The molecule has 2 heterocycles. The molecule has 1 N–H and O–H groups in total. The van der Waals surface area contributed by atoms with E-state index >= 15 is 0 Å². The number of halogens is 1. The van der Waals surface area contributed by atoms with Crippen molar-refractivity contribution < 1.29 is 5.11 Å². The summed E-state index contributed by atoms with van der Waals surface area (Å²) in [5.41, 5.74) is 8.03. The maximum absolute atomic E-state index is 10.2. The minimum atomic E-state index is 0.241. The topological polar surface area (TPSA) is 50.4 Å². The van der Waals surface area contributed by atoms with E-state index in [1.807, 2.05) is 28.8 Å². The minimum Gasteiger partial charge on any atom is -0.507 e. The molecule has 0 bridgehead atoms. The van der Waals surface area contributed by atoms with Crippen molar-refractivity contribution in [1.82, 2.24) is 14.4 Å². The molecule has 162 valence electrons. The summed E-state index contributed by atoms with van der Waals surface area (Å²) < 4.78 is 1.99. The van der Waals surface area contributed by atoms with Crippen molar-refractivity contribution in [3.63, 3.8) is 0 Å². The number of phenols is 1. The van der Waals surface area contributed by atoms with Gasteiger partial charge in [-0.1, -0.05) is 61.0 Å². The molecule has 0 aliphatic rings. The molecule has 0 spiro atoms. The van der Waals surface area contributed by atoms with E-state index in [9.17, 15) is 5.11 Å². The minimum absolute atomic E-state index is 0.241. The normalized spacial score (nSPS) is 10.9. The van der Waals surface area contributed by atoms with Gasteiger partial charge in [-0.05, 0) is 66.6 Å². The first-order valence-electron chi connectivity index (χ1n) is 10.6. The Morgan fingerprint density at radius 3 is 2.52 bits per heavy atom. The molecular formula is C26H30BrN3O. The van der Waals surface area contributed by atoms with Crippen molar-refractivity contribution in [2.75, 3.05) is 0 Å². The molecule has 4 aromatic rings. The summed E-state index contributed by atoms with van der Waals surface area (Å²) >= 11 is 3.45. The zero-order valence-electron chi connectivity index (χ0n) is 18.9. The quantitative estimate of drug-likeness (QED) is 0.321. The Morgan fingerprint density at radius 2 is 1.87 bits per heavy atom. The van der Waals surface area contributed by atoms with Crippen molar-refractivity contribution >= 4 is 21.7 Å². The van der Waals surface area contributed by atoms with E-state index < -0.39 is 0 Å². The van der Waals surface area contributed by atoms with Gasteiger partial charge in [-0.25, -0.2) is 9.97 Å². The summed E-state index contributed by atoms with van der Waals surface area (Å²) in [5.74, 6) is 1.16. The van der Waals surface area contributed by atoms with Crippen LogP contribution >= 0.6 is 15.9 Å². The fourth-order valence-corrected chi connectivity index (χ4v) is 4.05. The highest BCUT2D eigenvalue weighted by molar-refractivity contribution is 9.08. The van der Waals surface area contributed by atoms with Crippen LogP contribution in [0.1, 0.15) is 54.6 Å². The first-order chi connectivity index (χ1) is 14.9. The Bertz CT molecular complexity index is 1180. The molecular weight excluding hydrogens is 450 g/mol. The van der Waals surface area contributed by atoms with Crippen LogP contribution < -0.4 is 0 Å². The lowest BCUT2D eigenvalue weighted by atomic mass is 10.0. The average molecular weight is 480 g/mol. The molecule has 0 atom stereocenters. The van der Waals surface area contributed by atoms with Crippen LogP contribution in [0.4, 0.5) is 0 Å². The second kappa shape index (κ2) is 10.1. The summed E-state index contributed by atoms with van der Waals surface area (Å²) in [6.45, 7) is 10.8. The molecule has 0 fully saturated rings. The number of benzene rings is 2. The van der Waals surface area contributed by atoms with Gasteiger partial charge in [-0.15, -0.1) is 0 Å². The van der Waals surface area contributed by atoms with Crippen LogP contribution in [0.25, 0.3) is 17.0 Å². The summed E-state index contributed by atoms with van der Waals surface area (Å²) in [4.78, 5) is 8.92. The number of aromatic nitrogens is 3. The summed E-state index contributed by atoms with van der Waals surface area (Å²) in [7, 11) is 0. The summed E-state index contributed by atoms with van der Waals surface area (Å²) in [6.07, 6.45) is 4.83. The standard InChI is InChI=1S/C16H16BrN3O.C10H14/c1-10(2)15-14(19-16-18-6-3-7-20(15)16)12-8-11(9-17)4-5-13(12)21;1-4-10-7-5-6-8(2)9(10)3/h3-8,10,21H,9H2,1-2H3;5-7H,4H2,1-3H3. The highest BCUT2D eigenvalue weighted by Crippen LogP contribution is 2.35. The Labute approximate surface area is 193 Å². The van der Waals surface area contributed by atoms with Gasteiger partial charge in [0.2, 0.25) is 5.78 Å². The number of rotatable bonds is 4. The molecule has 4 nitrogen and oxygen atoms in total. The van der Waals surface area contributed by atoms with E-state index in [0.717, 1.165) is 34.3 Å². The van der Waals surface area contributed by atoms with Gasteiger partial charge in [0.15, 0.2) is 0 Å². The van der Waals surface area contributed by atoms with Gasteiger partial charge in [-0.2, -0.15) is 0 Å². The lowest BCUT2D eigenvalue weighted by Gasteiger charge is -2.10. The fourth-order valence-electron chi connectivity index (χ4n) is 3.71. The van der Waals surface area contributed by atoms with E-state index in [1.54, 1.807) is 12.3 Å². The highest BCUT2D eigenvalue weighted by Gasteiger charge is 2.19. The maximum Gasteiger partial charge on any atom is 0.234 e. The van der Waals surface area contributed by atoms with Crippen molar-refractivity contribution in [3.8, 4) is 17.0 Å². The zero-order valence-corrected chi connectivity index (χ0v) is 20.4. The van der Waals surface area contributed by atoms with Crippen LogP contribution in [0.3, 0.4) is 0 Å². The van der Waals surface area contributed by atoms with E-state index in [4.69, 9.17) is 0 Å². The molecule has 0 aliphatic carbocycles. The molecule has 5 heteroatoms. The molecule has 0 unspecified atom stereocenters. The SMILES string of the molecule is CC(C)c1c(-c2cc(CBr)ccc2O)nc2ncccn12.CCc1cccc(C)c1C. The largest absolute Gasteiger partial charge is 0.507 e. The van der Waals surface area contributed by atoms with Crippen molar-refractivity contribution in [2.24, 2.45) is 0 Å². The molecule has 31 heavy (non-hydrogen) atoms. The molecule has 0 aliphatic heterocycles. The Kier molecular flexibility index (Phi) is 7.50. The van der Waals surface area contributed by atoms with Gasteiger partial charge >= 0.3 is 0 Å². The average Bonchev–Trinajstić information content (AvgIpc) is 3.16. The predicted molar refractivity (Wildman–Crippen MR) is 132 cm³/mol. The number of alkyl halides is 1. The smallest absolute Gasteiger partial charge is 0.234 e. The zero-order chi connectivity index (χ0) is 22.5. The predicted octanol–water partition coefficient (Wildman–Crippen LogP) is 6.99.